The molecule has 2 atom stereocenters. The van der Waals surface area contributed by atoms with E-state index in [4.69, 9.17) is 0 Å². The topological polar surface area (TPSA) is 63.1 Å². The van der Waals surface area contributed by atoms with E-state index >= 15 is 0 Å². The average molecular weight is 281 g/mol. The molecule has 0 spiro atoms. The van der Waals surface area contributed by atoms with Gasteiger partial charge in [0.15, 0.2) is 0 Å². The van der Waals surface area contributed by atoms with Crippen molar-refractivity contribution in [3.8, 4) is 6.07 Å². The van der Waals surface area contributed by atoms with E-state index in [-0.39, 0.29) is 12.6 Å². The van der Waals surface area contributed by atoms with Crippen molar-refractivity contribution >= 4 is 16.5 Å². The van der Waals surface area contributed by atoms with E-state index < -0.39 is 0 Å². The molecule has 0 fully saturated rings. The third-order valence-corrected chi connectivity index (χ3v) is 4.26. The summed E-state index contributed by atoms with van der Waals surface area (Å²) in [6.07, 6.45) is 4.10. The average Bonchev–Trinajstić information content (AvgIpc) is 2.95. The summed E-state index contributed by atoms with van der Waals surface area (Å²) in [6.45, 7) is 3.22. The quantitative estimate of drug-likeness (QED) is 0.888. The molecule has 1 aromatic heterocycles. The van der Waals surface area contributed by atoms with Crippen molar-refractivity contribution in [1.82, 2.24) is 9.88 Å². The second-order valence-corrected chi connectivity index (χ2v) is 5.78. The number of fused-ring (bicyclic) bond motifs is 1. The Morgan fingerprint density at radius 1 is 1.43 bits per heavy atom. The third-order valence-electron chi connectivity index (χ3n) is 4.26. The lowest BCUT2D eigenvalue weighted by Crippen LogP contribution is -2.41. The first-order chi connectivity index (χ1) is 10.2. The highest BCUT2D eigenvalue weighted by Crippen LogP contribution is 2.33. The number of aliphatic hydroxyl groups is 1. The smallest absolute Gasteiger partial charge is 0.0998 e. The maximum absolute atomic E-state index is 9.76. The molecule has 0 saturated carbocycles. The van der Waals surface area contributed by atoms with Crippen molar-refractivity contribution < 1.29 is 5.11 Å². The molecular formula is C17H19N3O. The number of aliphatic hydroxyl groups excluding tert-OH is 1. The van der Waals surface area contributed by atoms with Crippen LogP contribution in [0, 0.1) is 17.2 Å². The van der Waals surface area contributed by atoms with Crippen LogP contribution in [-0.4, -0.2) is 41.2 Å². The van der Waals surface area contributed by atoms with E-state index in [9.17, 15) is 10.4 Å². The van der Waals surface area contributed by atoms with Crippen molar-refractivity contribution in [3.05, 3.63) is 41.6 Å². The highest BCUT2D eigenvalue weighted by atomic mass is 16.3. The molecule has 108 valence electrons. The van der Waals surface area contributed by atoms with Crippen LogP contribution in [0.4, 0.5) is 0 Å². The third kappa shape index (κ3) is 2.25. The van der Waals surface area contributed by atoms with Gasteiger partial charge in [0, 0.05) is 23.7 Å². The monoisotopic (exact) mass is 281 g/mol. The molecule has 4 nitrogen and oxygen atoms in total. The molecule has 1 aliphatic heterocycles. The van der Waals surface area contributed by atoms with E-state index in [2.05, 4.69) is 29.0 Å². The maximum Gasteiger partial charge on any atom is 0.0998 e. The fourth-order valence-corrected chi connectivity index (χ4v) is 3.29. The molecule has 2 N–H and O–H groups in total. The minimum absolute atomic E-state index is 0.000589. The SMILES string of the molecule is C[C@@H]1C=C(c2ccc(C#N)c3cc[nH]c23)[C@@H](CO)N(C)C1. The molecule has 0 bridgehead atoms. The standard InChI is InChI=1S/C17H19N3O/c1-11-7-15(16(10-21)20(2)9-11)14-4-3-12(8-18)13-5-6-19-17(13)14/h3-7,11,16,19,21H,9-10H2,1-2H3/t11-,16-/m1/s1. The predicted octanol–water partition coefficient (Wildman–Crippen LogP) is 2.37. The minimum Gasteiger partial charge on any atom is -0.394 e. The van der Waals surface area contributed by atoms with Crippen molar-refractivity contribution in [3.63, 3.8) is 0 Å². The second-order valence-electron chi connectivity index (χ2n) is 5.78. The first-order valence-corrected chi connectivity index (χ1v) is 7.19. The van der Waals surface area contributed by atoms with Crippen LogP contribution in [0.15, 0.2) is 30.5 Å². The van der Waals surface area contributed by atoms with Gasteiger partial charge < -0.3 is 10.1 Å². The highest BCUT2D eigenvalue weighted by Gasteiger charge is 2.27. The Labute approximate surface area is 124 Å². The summed E-state index contributed by atoms with van der Waals surface area (Å²) in [7, 11) is 2.04. The number of aromatic nitrogens is 1. The van der Waals surface area contributed by atoms with Crippen LogP contribution in [0.5, 0.6) is 0 Å². The van der Waals surface area contributed by atoms with E-state index in [1.54, 1.807) is 0 Å². The van der Waals surface area contributed by atoms with Crippen LogP contribution in [0.25, 0.3) is 16.5 Å². The molecule has 3 rings (SSSR count). The van der Waals surface area contributed by atoms with Gasteiger partial charge in [0.05, 0.1) is 29.8 Å². The summed E-state index contributed by atoms with van der Waals surface area (Å²) < 4.78 is 0. The predicted molar refractivity (Wildman–Crippen MR) is 83.7 cm³/mol. The zero-order chi connectivity index (χ0) is 15.0. The lowest BCUT2D eigenvalue weighted by atomic mass is 9.88. The van der Waals surface area contributed by atoms with Gasteiger partial charge in [0.2, 0.25) is 0 Å². The lowest BCUT2D eigenvalue weighted by Gasteiger charge is -2.35. The van der Waals surface area contributed by atoms with Gasteiger partial charge in [0.25, 0.3) is 0 Å². The van der Waals surface area contributed by atoms with Crippen LogP contribution < -0.4 is 0 Å². The molecule has 2 aromatic rings. The highest BCUT2D eigenvalue weighted by molar-refractivity contribution is 5.95. The second kappa shape index (κ2) is 5.36. The van der Waals surface area contributed by atoms with E-state index in [0.717, 1.165) is 28.6 Å². The minimum atomic E-state index is 0.000589. The lowest BCUT2D eigenvalue weighted by molar-refractivity contribution is 0.167. The van der Waals surface area contributed by atoms with Crippen molar-refractivity contribution in [2.75, 3.05) is 20.2 Å². The summed E-state index contributed by atoms with van der Waals surface area (Å²) in [5.41, 5.74) is 3.86. The van der Waals surface area contributed by atoms with Crippen LogP contribution in [-0.2, 0) is 0 Å². The number of aromatic amines is 1. The number of likely N-dealkylation sites (N-methyl/N-ethyl adjacent to an activating group) is 1. The first-order valence-electron chi connectivity index (χ1n) is 7.19. The van der Waals surface area contributed by atoms with Gasteiger partial charge in [-0.15, -0.1) is 0 Å². The number of H-pyrrole nitrogens is 1. The van der Waals surface area contributed by atoms with Crippen LogP contribution in [0.2, 0.25) is 0 Å². The van der Waals surface area contributed by atoms with E-state index in [1.165, 1.54) is 0 Å². The van der Waals surface area contributed by atoms with Crippen LogP contribution in [0.3, 0.4) is 0 Å². The Morgan fingerprint density at radius 3 is 2.95 bits per heavy atom. The van der Waals surface area contributed by atoms with Gasteiger partial charge in [-0.1, -0.05) is 19.1 Å². The van der Waals surface area contributed by atoms with Gasteiger partial charge >= 0.3 is 0 Å². The summed E-state index contributed by atoms with van der Waals surface area (Å²) in [5, 5.41) is 19.9. The molecule has 1 aliphatic rings. The normalized spacial score (nSPS) is 23.0. The molecule has 21 heavy (non-hydrogen) atoms. The van der Waals surface area contributed by atoms with E-state index in [1.807, 2.05) is 31.4 Å². The number of hydrogen-bond donors (Lipinski definition) is 2. The number of rotatable bonds is 2. The molecular weight excluding hydrogens is 262 g/mol. The molecule has 0 saturated heterocycles. The fraction of sp³-hybridized carbons (Fsp3) is 0.353. The Kier molecular flexibility index (Phi) is 3.54. The maximum atomic E-state index is 9.76. The molecule has 0 radical (unpaired) electrons. The van der Waals surface area contributed by atoms with E-state index in [0.29, 0.717) is 11.5 Å². The number of nitrogens with one attached hydrogen (secondary N) is 1. The molecule has 0 unspecified atom stereocenters. The molecule has 1 aromatic carbocycles. The van der Waals surface area contributed by atoms with Crippen molar-refractivity contribution in [2.45, 2.75) is 13.0 Å². The summed E-state index contributed by atoms with van der Waals surface area (Å²) in [6, 6.07) is 8.01. The Morgan fingerprint density at radius 2 is 2.24 bits per heavy atom. The van der Waals surface area contributed by atoms with Crippen molar-refractivity contribution in [2.24, 2.45) is 5.92 Å². The fourth-order valence-electron chi connectivity index (χ4n) is 3.29. The van der Waals surface area contributed by atoms with Gasteiger partial charge in [-0.3, -0.25) is 4.90 Å². The number of nitriles is 1. The molecule has 0 aliphatic carbocycles. The van der Waals surface area contributed by atoms with Gasteiger partial charge in [0.1, 0.15) is 0 Å². The van der Waals surface area contributed by atoms with Gasteiger partial charge in [-0.25, -0.2) is 0 Å². The first kappa shape index (κ1) is 13.9. The molecule has 4 heteroatoms. The van der Waals surface area contributed by atoms with Crippen LogP contribution >= 0.6 is 0 Å². The Hall–Kier alpha value is -2.09. The largest absolute Gasteiger partial charge is 0.394 e. The zero-order valence-corrected chi connectivity index (χ0v) is 12.3. The van der Waals surface area contributed by atoms with Crippen molar-refractivity contribution in [1.29, 1.82) is 5.26 Å². The summed E-state index contributed by atoms with van der Waals surface area (Å²) >= 11 is 0. The number of benzene rings is 1. The summed E-state index contributed by atoms with van der Waals surface area (Å²) in [5.74, 6) is 0.438. The summed E-state index contributed by atoms with van der Waals surface area (Å²) in [4.78, 5) is 5.43. The Bertz CT molecular complexity index is 738. The van der Waals surface area contributed by atoms with Gasteiger partial charge in [-0.05, 0) is 30.7 Å². The van der Waals surface area contributed by atoms with Gasteiger partial charge in [-0.2, -0.15) is 5.26 Å². The zero-order valence-electron chi connectivity index (χ0n) is 12.3. The molecule has 0 amide bonds. The molecule has 2 heterocycles. The Balaban J connectivity index is 2.20. The number of hydrogen-bond acceptors (Lipinski definition) is 3. The number of nitrogens with zero attached hydrogens (tertiary/aromatic N) is 2. The van der Waals surface area contributed by atoms with Crippen LogP contribution in [0.1, 0.15) is 18.1 Å².